The van der Waals surface area contributed by atoms with Gasteiger partial charge in [0.25, 0.3) is 0 Å². The molecule has 0 bridgehead atoms. The lowest BCUT2D eigenvalue weighted by Gasteiger charge is -2.33. The van der Waals surface area contributed by atoms with Gasteiger partial charge in [-0.1, -0.05) is 41.9 Å². The average molecular weight is 421 g/mol. The minimum Gasteiger partial charge on any atom is -0.338 e. The fourth-order valence-corrected chi connectivity index (χ4v) is 5.10. The molecule has 3 rings (SSSR count). The first-order chi connectivity index (χ1) is 13.4. The van der Waals surface area contributed by atoms with E-state index in [-0.39, 0.29) is 16.7 Å². The van der Waals surface area contributed by atoms with Crippen LogP contribution in [0.2, 0.25) is 5.02 Å². The maximum Gasteiger partial charge on any atom is 0.243 e. The first-order valence-corrected chi connectivity index (χ1v) is 11.3. The molecule has 1 fully saturated rings. The zero-order chi connectivity index (χ0) is 20.1. The highest BCUT2D eigenvalue weighted by molar-refractivity contribution is 7.89. The molecule has 0 aliphatic carbocycles. The second-order valence-corrected chi connectivity index (χ2v) is 9.34. The molecule has 0 unspecified atom stereocenters. The minimum absolute atomic E-state index is 0.106. The second kappa shape index (κ2) is 9.07. The van der Waals surface area contributed by atoms with Crippen LogP contribution < -0.4 is 0 Å². The first-order valence-electron chi connectivity index (χ1n) is 9.50. The van der Waals surface area contributed by atoms with E-state index in [1.807, 2.05) is 42.2 Å². The van der Waals surface area contributed by atoms with Gasteiger partial charge in [-0.3, -0.25) is 4.79 Å². The number of nitrogens with zero attached hydrogens (tertiary/aromatic N) is 2. The predicted octanol–water partition coefficient (Wildman–Crippen LogP) is 3.79. The van der Waals surface area contributed by atoms with Crippen LogP contribution in [-0.4, -0.2) is 43.2 Å². The quantitative estimate of drug-likeness (QED) is 0.714. The van der Waals surface area contributed by atoms with E-state index in [2.05, 4.69) is 0 Å². The van der Waals surface area contributed by atoms with Gasteiger partial charge in [-0.2, -0.15) is 4.31 Å². The van der Waals surface area contributed by atoms with Crippen molar-refractivity contribution in [2.24, 2.45) is 5.92 Å². The van der Waals surface area contributed by atoms with Crippen LogP contribution in [0, 0.1) is 5.92 Å². The molecule has 2 aromatic rings. The third-order valence-corrected chi connectivity index (χ3v) is 7.33. The standard InChI is InChI=1S/C21H25ClN2O3S/c1-2-23(16-17-6-4-3-5-7-17)21(25)18-12-14-24(15-13-18)28(26,27)20-10-8-19(22)9-11-20/h3-11,18H,2,12-16H2,1H3. The monoisotopic (exact) mass is 420 g/mol. The third kappa shape index (κ3) is 4.74. The van der Waals surface area contributed by atoms with Gasteiger partial charge in [0.1, 0.15) is 0 Å². The Kier molecular flexibility index (Phi) is 6.75. The number of benzene rings is 2. The lowest BCUT2D eigenvalue weighted by Crippen LogP contribution is -2.44. The van der Waals surface area contributed by atoms with Crippen LogP contribution in [0.4, 0.5) is 0 Å². The Bertz CT molecular complexity index is 893. The second-order valence-electron chi connectivity index (χ2n) is 6.97. The van der Waals surface area contributed by atoms with Gasteiger partial charge in [-0.15, -0.1) is 0 Å². The van der Waals surface area contributed by atoms with Crippen molar-refractivity contribution in [2.75, 3.05) is 19.6 Å². The maximum absolute atomic E-state index is 12.9. The van der Waals surface area contributed by atoms with E-state index in [1.165, 1.54) is 16.4 Å². The Morgan fingerprint density at radius 1 is 1.07 bits per heavy atom. The minimum atomic E-state index is -3.55. The van der Waals surface area contributed by atoms with Crippen LogP contribution in [0.5, 0.6) is 0 Å². The topological polar surface area (TPSA) is 57.7 Å². The molecule has 0 spiro atoms. The number of amides is 1. The maximum atomic E-state index is 12.9. The molecular weight excluding hydrogens is 396 g/mol. The summed E-state index contributed by atoms with van der Waals surface area (Å²) in [6.07, 6.45) is 1.08. The molecular formula is C21H25ClN2O3S. The number of hydrogen-bond donors (Lipinski definition) is 0. The van der Waals surface area contributed by atoms with E-state index in [0.717, 1.165) is 5.56 Å². The number of hydrogen-bond acceptors (Lipinski definition) is 3. The van der Waals surface area contributed by atoms with Crippen LogP contribution in [0.15, 0.2) is 59.5 Å². The molecule has 1 saturated heterocycles. The van der Waals surface area contributed by atoms with E-state index in [4.69, 9.17) is 11.6 Å². The highest BCUT2D eigenvalue weighted by Crippen LogP contribution is 2.26. The third-order valence-electron chi connectivity index (χ3n) is 5.16. The molecule has 0 aromatic heterocycles. The van der Waals surface area contributed by atoms with E-state index in [1.54, 1.807) is 12.1 Å². The Morgan fingerprint density at radius 3 is 2.25 bits per heavy atom. The van der Waals surface area contributed by atoms with Crippen LogP contribution >= 0.6 is 11.6 Å². The number of carbonyl (C=O) groups excluding carboxylic acids is 1. The van der Waals surface area contributed by atoms with Gasteiger partial charge in [0.15, 0.2) is 0 Å². The van der Waals surface area contributed by atoms with Crippen LogP contribution in [0.25, 0.3) is 0 Å². The summed E-state index contributed by atoms with van der Waals surface area (Å²) >= 11 is 5.85. The van der Waals surface area contributed by atoms with E-state index in [0.29, 0.717) is 44.0 Å². The average Bonchev–Trinajstić information content (AvgIpc) is 2.72. The zero-order valence-corrected chi connectivity index (χ0v) is 17.5. The number of carbonyl (C=O) groups is 1. The fraction of sp³-hybridized carbons (Fsp3) is 0.381. The Labute approximate surface area is 172 Å². The van der Waals surface area contributed by atoms with Crippen LogP contribution in [-0.2, 0) is 21.4 Å². The lowest BCUT2D eigenvalue weighted by atomic mass is 9.96. The van der Waals surface area contributed by atoms with Gasteiger partial charge < -0.3 is 4.90 Å². The molecule has 0 saturated carbocycles. The van der Waals surface area contributed by atoms with E-state index in [9.17, 15) is 13.2 Å². The molecule has 2 aromatic carbocycles. The van der Waals surface area contributed by atoms with Crippen molar-refractivity contribution < 1.29 is 13.2 Å². The molecule has 1 amide bonds. The zero-order valence-electron chi connectivity index (χ0n) is 15.9. The van der Waals surface area contributed by atoms with Crippen molar-refractivity contribution in [1.82, 2.24) is 9.21 Å². The highest BCUT2D eigenvalue weighted by Gasteiger charge is 2.33. The van der Waals surface area contributed by atoms with Crippen molar-refractivity contribution in [1.29, 1.82) is 0 Å². The van der Waals surface area contributed by atoms with Crippen molar-refractivity contribution in [3.8, 4) is 0 Å². The Hall–Kier alpha value is -1.89. The molecule has 5 nitrogen and oxygen atoms in total. The van der Waals surface area contributed by atoms with Gasteiger partial charge in [0, 0.05) is 37.1 Å². The molecule has 150 valence electrons. The Morgan fingerprint density at radius 2 is 1.68 bits per heavy atom. The number of halogens is 1. The van der Waals surface area contributed by atoms with Crippen LogP contribution in [0.1, 0.15) is 25.3 Å². The summed E-state index contributed by atoms with van der Waals surface area (Å²) in [5, 5.41) is 0.501. The molecule has 0 N–H and O–H groups in total. The molecule has 0 radical (unpaired) electrons. The molecule has 1 aliphatic rings. The normalized spacial score (nSPS) is 16.1. The fourth-order valence-electron chi connectivity index (χ4n) is 3.51. The first kappa shape index (κ1) is 20.8. The summed E-state index contributed by atoms with van der Waals surface area (Å²) in [4.78, 5) is 15.0. The number of sulfonamides is 1. The molecule has 1 aliphatic heterocycles. The highest BCUT2D eigenvalue weighted by atomic mass is 35.5. The van der Waals surface area contributed by atoms with Crippen molar-refractivity contribution >= 4 is 27.5 Å². The molecule has 7 heteroatoms. The van der Waals surface area contributed by atoms with Crippen molar-refractivity contribution in [2.45, 2.75) is 31.2 Å². The summed E-state index contributed by atoms with van der Waals surface area (Å²) in [6, 6.07) is 16.1. The SMILES string of the molecule is CCN(Cc1ccccc1)C(=O)C1CCN(S(=O)(=O)c2ccc(Cl)cc2)CC1. The largest absolute Gasteiger partial charge is 0.338 e. The molecule has 28 heavy (non-hydrogen) atoms. The predicted molar refractivity (Wildman–Crippen MR) is 110 cm³/mol. The van der Waals surface area contributed by atoms with Gasteiger partial charge in [-0.25, -0.2) is 8.42 Å². The van der Waals surface area contributed by atoms with Crippen molar-refractivity contribution in [3.63, 3.8) is 0 Å². The van der Waals surface area contributed by atoms with Gasteiger partial charge in [0.2, 0.25) is 15.9 Å². The summed E-state index contributed by atoms with van der Waals surface area (Å²) in [6.45, 7) is 3.89. The van der Waals surface area contributed by atoms with E-state index < -0.39 is 10.0 Å². The number of piperidine rings is 1. The lowest BCUT2D eigenvalue weighted by molar-refractivity contribution is -0.137. The van der Waals surface area contributed by atoms with E-state index >= 15 is 0 Å². The molecule has 1 heterocycles. The Balaban J connectivity index is 1.62. The van der Waals surface area contributed by atoms with Gasteiger partial charge in [0.05, 0.1) is 4.90 Å². The summed E-state index contributed by atoms with van der Waals surface area (Å²) in [5.74, 6) is -0.0322. The molecule has 0 atom stereocenters. The van der Waals surface area contributed by atoms with Crippen LogP contribution in [0.3, 0.4) is 0 Å². The van der Waals surface area contributed by atoms with Gasteiger partial charge >= 0.3 is 0 Å². The summed E-state index contributed by atoms with van der Waals surface area (Å²) < 4.78 is 27.1. The summed E-state index contributed by atoms with van der Waals surface area (Å²) in [5.41, 5.74) is 1.10. The van der Waals surface area contributed by atoms with Gasteiger partial charge in [-0.05, 0) is 49.6 Å². The summed E-state index contributed by atoms with van der Waals surface area (Å²) in [7, 11) is -3.55. The smallest absolute Gasteiger partial charge is 0.243 e. The van der Waals surface area contributed by atoms with Crippen molar-refractivity contribution in [3.05, 3.63) is 65.2 Å². The number of rotatable bonds is 6.